The van der Waals surface area contributed by atoms with Crippen molar-refractivity contribution < 1.29 is 4.74 Å². The Morgan fingerprint density at radius 1 is 1.00 bits per heavy atom. The highest BCUT2D eigenvalue weighted by Gasteiger charge is 2.27. The van der Waals surface area contributed by atoms with Gasteiger partial charge in [-0.3, -0.25) is 4.98 Å². The van der Waals surface area contributed by atoms with Gasteiger partial charge in [0.25, 0.3) is 0 Å². The second-order valence-corrected chi connectivity index (χ2v) is 11.4. The van der Waals surface area contributed by atoms with Gasteiger partial charge >= 0.3 is 0 Å². The van der Waals surface area contributed by atoms with E-state index in [1.54, 1.807) is 7.11 Å². The zero-order valence-electron chi connectivity index (χ0n) is 23.0. The zero-order chi connectivity index (χ0) is 27.2. The van der Waals surface area contributed by atoms with E-state index in [1.807, 2.05) is 30.6 Å². The molecule has 0 bridgehead atoms. The molecule has 1 aliphatic rings. The SMILES string of the molecule is COc1ccc2cc(-c3nc(C(C)(C)CNC(=S)NCCC4CCNCC4)[nH]c3-c3ccncc3)ccc2c1. The van der Waals surface area contributed by atoms with Crippen LogP contribution in [0.1, 0.15) is 38.9 Å². The van der Waals surface area contributed by atoms with Crippen LogP contribution < -0.4 is 20.7 Å². The zero-order valence-corrected chi connectivity index (χ0v) is 23.8. The minimum atomic E-state index is -0.287. The Hall–Kier alpha value is -3.49. The van der Waals surface area contributed by atoms with Crippen LogP contribution in [0.2, 0.25) is 0 Å². The minimum Gasteiger partial charge on any atom is -0.497 e. The Morgan fingerprint density at radius 3 is 2.51 bits per heavy atom. The summed E-state index contributed by atoms with van der Waals surface area (Å²) in [5, 5.41) is 13.2. The monoisotopic (exact) mass is 542 g/mol. The molecule has 1 fully saturated rings. The molecule has 204 valence electrons. The maximum atomic E-state index is 5.60. The number of H-pyrrole nitrogens is 1. The van der Waals surface area contributed by atoms with E-state index in [4.69, 9.17) is 21.9 Å². The summed E-state index contributed by atoms with van der Waals surface area (Å²) in [6.07, 6.45) is 7.28. The predicted octanol–water partition coefficient (Wildman–Crippen LogP) is 5.43. The number of ether oxygens (including phenoxy) is 1. The Kier molecular flexibility index (Phi) is 8.43. The van der Waals surface area contributed by atoms with Gasteiger partial charge in [0.1, 0.15) is 11.6 Å². The number of pyridine rings is 1. The van der Waals surface area contributed by atoms with Crippen LogP contribution in [-0.2, 0) is 5.41 Å². The van der Waals surface area contributed by atoms with E-state index in [2.05, 4.69) is 70.1 Å². The summed E-state index contributed by atoms with van der Waals surface area (Å²) in [5.41, 5.74) is 3.72. The van der Waals surface area contributed by atoms with Crippen LogP contribution in [0.4, 0.5) is 0 Å². The van der Waals surface area contributed by atoms with Gasteiger partial charge in [0.15, 0.2) is 5.11 Å². The summed E-state index contributed by atoms with van der Waals surface area (Å²) in [6.45, 7) is 8.19. The number of hydrogen-bond acceptors (Lipinski definition) is 5. The van der Waals surface area contributed by atoms with Crippen molar-refractivity contribution in [2.45, 2.75) is 38.5 Å². The fourth-order valence-electron chi connectivity index (χ4n) is 5.14. The van der Waals surface area contributed by atoms with Crippen molar-refractivity contribution in [3.05, 3.63) is 66.7 Å². The Morgan fingerprint density at radius 2 is 1.74 bits per heavy atom. The smallest absolute Gasteiger partial charge is 0.166 e. The van der Waals surface area contributed by atoms with E-state index in [0.717, 1.165) is 76.8 Å². The van der Waals surface area contributed by atoms with Crippen molar-refractivity contribution >= 4 is 28.1 Å². The lowest BCUT2D eigenvalue weighted by molar-refractivity contribution is 0.354. The van der Waals surface area contributed by atoms with Crippen LogP contribution in [-0.4, -0.2) is 53.4 Å². The number of imidazole rings is 1. The quantitative estimate of drug-likeness (QED) is 0.210. The first kappa shape index (κ1) is 27.1. The van der Waals surface area contributed by atoms with Crippen LogP contribution in [0.25, 0.3) is 33.3 Å². The van der Waals surface area contributed by atoms with Gasteiger partial charge in [0.05, 0.1) is 18.5 Å². The van der Waals surface area contributed by atoms with Crippen molar-refractivity contribution in [2.24, 2.45) is 5.92 Å². The van der Waals surface area contributed by atoms with E-state index in [1.165, 1.54) is 12.8 Å². The summed E-state index contributed by atoms with van der Waals surface area (Å²) < 4.78 is 5.40. The molecule has 3 heterocycles. The van der Waals surface area contributed by atoms with Gasteiger partial charge in [-0.05, 0) is 91.6 Å². The molecule has 0 radical (unpaired) electrons. The van der Waals surface area contributed by atoms with Gasteiger partial charge in [0, 0.05) is 42.0 Å². The molecule has 0 saturated carbocycles. The Labute approximate surface area is 236 Å². The molecule has 8 heteroatoms. The number of fused-ring (bicyclic) bond motifs is 1. The number of piperidine rings is 1. The highest BCUT2D eigenvalue weighted by atomic mass is 32.1. The molecule has 1 saturated heterocycles. The molecule has 2 aromatic heterocycles. The molecule has 0 spiro atoms. The number of methoxy groups -OCH3 is 1. The third-order valence-electron chi connectivity index (χ3n) is 7.62. The summed E-state index contributed by atoms with van der Waals surface area (Å²) in [7, 11) is 1.69. The van der Waals surface area contributed by atoms with Crippen molar-refractivity contribution in [3.63, 3.8) is 0 Å². The van der Waals surface area contributed by atoms with Crippen molar-refractivity contribution in [1.82, 2.24) is 30.9 Å². The molecule has 5 rings (SSSR count). The normalized spacial score (nSPS) is 14.3. The van der Waals surface area contributed by atoms with Gasteiger partial charge in [-0.2, -0.15) is 0 Å². The Bertz CT molecular complexity index is 1410. The lowest BCUT2D eigenvalue weighted by Gasteiger charge is -2.25. The number of benzene rings is 2. The van der Waals surface area contributed by atoms with E-state index >= 15 is 0 Å². The largest absolute Gasteiger partial charge is 0.497 e. The molecule has 4 N–H and O–H groups in total. The Balaban J connectivity index is 1.34. The third-order valence-corrected chi connectivity index (χ3v) is 7.91. The summed E-state index contributed by atoms with van der Waals surface area (Å²) in [6, 6.07) is 16.6. The van der Waals surface area contributed by atoms with Gasteiger partial charge in [-0.1, -0.05) is 32.0 Å². The maximum Gasteiger partial charge on any atom is 0.166 e. The van der Waals surface area contributed by atoms with Crippen LogP contribution in [0.5, 0.6) is 5.75 Å². The molecule has 2 aromatic carbocycles. The number of nitrogens with zero attached hydrogens (tertiary/aromatic N) is 2. The van der Waals surface area contributed by atoms with Crippen molar-refractivity contribution in [1.29, 1.82) is 0 Å². The van der Waals surface area contributed by atoms with Gasteiger partial charge in [-0.15, -0.1) is 0 Å². The average molecular weight is 543 g/mol. The topological polar surface area (TPSA) is 86.9 Å². The molecule has 0 unspecified atom stereocenters. The van der Waals surface area contributed by atoms with Crippen LogP contribution in [0, 0.1) is 5.92 Å². The van der Waals surface area contributed by atoms with Crippen LogP contribution in [0.3, 0.4) is 0 Å². The predicted molar refractivity (Wildman–Crippen MR) is 163 cm³/mol. The first-order chi connectivity index (χ1) is 18.9. The fourth-order valence-corrected chi connectivity index (χ4v) is 5.31. The molecule has 39 heavy (non-hydrogen) atoms. The lowest BCUT2D eigenvalue weighted by Crippen LogP contribution is -2.43. The summed E-state index contributed by atoms with van der Waals surface area (Å²) >= 11 is 5.60. The lowest BCUT2D eigenvalue weighted by atomic mass is 9.92. The van der Waals surface area contributed by atoms with Crippen LogP contribution in [0.15, 0.2) is 60.9 Å². The second kappa shape index (κ2) is 12.1. The van der Waals surface area contributed by atoms with E-state index in [-0.39, 0.29) is 5.41 Å². The van der Waals surface area contributed by atoms with Gasteiger partial charge < -0.3 is 25.7 Å². The summed E-state index contributed by atoms with van der Waals surface area (Å²) in [5.74, 6) is 2.54. The first-order valence-corrected chi connectivity index (χ1v) is 14.2. The molecule has 0 aliphatic carbocycles. The molecular weight excluding hydrogens is 504 g/mol. The molecule has 1 aliphatic heterocycles. The highest BCUT2D eigenvalue weighted by molar-refractivity contribution is 7.80. The number of thiocarbonyl (C=S) groups is 1. The second-order valence-electron chi connectivity index (χ2n) is 10.9. The van der Waals surface area contributed by atoms with Crippen LogP contribution >= 0.6 is 12.2 Å². The standard InChI is InChI=1S/C31H38N6OS/c1-31(2,20-35-30(39)34-17-10-21-8-13-32-14-9-21)29-36-27(22-11-15-33-16-12-22)28(37-29)25-5-4-24-19-26(38-3)7-6-23(24)18-25/h4-7,11-12,15-16,18-19,21,32H,8-10,13-14,17,20H2,1-3H3,(H,36,37)(H2,34,35,39). The highest BCUT2D eigenvalue weighted by Crippen LogP contribution is 2.35. The average Bonchev–Trinajstić information content (AvgIpc) is 3.43. The van der Waals surface area contributed by atoms with Crippen molar-refractivity contribution in [3.8, 4) is 28.3 Å². The van der Waals surface area contributed by atoms with E-state index in [9.17, 15) is 0 Å². The molecule has 0 atom stereocenters. The van der Waals surface area contributed by atoms with Crippen molar-refractivity contribution in [2.75, 3.05) is 33.3 Å². The molecule has 7 nitrogen and oxygen atoms in total. The number of nitrogens with one attached hydrogen (secondary N) is 4. The summed E-state index contributed by atoms with van der Waals surface area (Å²) in [4.78, 5) is 13.0. The first-order valence-electron chi connectivity index (χ1n) is 13.7. The molecule has 4 aromatic rings. The molecular formula is C31H38N6OS. The van der Waals surface area contributed by atoms with Gasteiger partial charge in [0.2, 0.25) is 0 Å². The maximum absolute atomic E-state index is 5.60. The van der Waals surface area contributed by atoms with Gasteiger partial charge in [-0.25, -0.2) is 4.98 Å². The fraction of sp³-hybridized carbons (Fsp3) is 0.387. The minimum absolute atomic E-state index is 0.287. The number of aromatic amines is 1. The number of hydrogen-bond donors (Lipinski definition) is 4. The van der Waals surface area contributed by atoms with E-state index in [0.29, 0.717) is 11.7 Å². The number of rotatable bonds is 9. The third kappa shape index (κ3) is 6.57. The molecule has 0 amide bonds. The number of aromatic nitrogens is 3. The van der Waals surface area contributed by atoms with E-state index < -0.39 is 0 Å².